The highest BCUT2D eigenvalue weighted by Gasteiger charge is 2.26. The Bertz CT molecular complexity index is 930. The molecule has 1 fully saturated rings. The third kappa shape index (κ3) is 3.24. The van der Waals surface area contributed by atoms with Crippen LogP contribution in [0.15, 0.2) is 48.5 Å². The highest BCUT2D eigenvalue weighted by molar-refractivity contribution is 7.21. The minimum atomic E-state index is -0.247. The highest BCUT2D eigenvalue weighted by atomic mass is 32.1. The van der Waals surface area contributed by atoms with Gasteiger partial charge in [0.15, 0.2) is 0 Å². The van der Waals surface area contributed by atoms with Crippen LogP contribution in [-0.2, 0) is 6.54 Å². The van der Waals surface area contributed by atoms with Crippen molar-refractivity contribution in [1.29, 1.82) is 0 Å². The lowest BCUT2D eigenvalue weighted by Gasteiger charge is -2.34. The van der Waals surface area contributed by atoms with E-state index in [4.69, 9.17) is 0 Å². The van der Waals surface area contributed by atoms with Gasteiger partial charge in [0.05, 0.1) is 4.88 Å². The first-order valence-electron chi connectivity index (χ1n) is 8.86. The molecule has 1 aromatic heterocycles. The molecule has 0 saturated carbocycles. The number of nitrogens with zero attached hydrogens (tertiary/aromatic N) is 2. The Morgan fingerprint density at radius 2 is 1.77 bits per heavy atom. The summed E-state index contributed by atoms with van der Waals surface area (Å²) in [6.07, 6.45) is 0. The predicted molar refractivity (Wildman–Crippen MR) is 104 cm³/mol. The second-order valence-corrected chi connectivity index (χ2v) is 7.78. The van der Waals surface area contributed by atoms with Crippen molar-refractivity contribution in [3.63, 3.8) is 0 Å². The Labute approximate surface area is 156 Å². The number of carbonyl (C=O) groups is 1. The van der Waals surface area contributed by atoms with Crippen molar-refractivity contribution in [1.82, 2.24) is 9.80 Å². The van der Waals surface area contributed by atoms with E-state index in [0.29, 0.717) is 23.4 Å². The summed E-state index contributed by atoms with van der Waals surface area (Å²) in [6, 6.07) is 15.4. The molecule has 3 aromatic rings. The van der Waals surface area contributed by atoms with Crippen molar-refractivity contribution in [2.45, 2.75) is 13.5 Å². The first-order valence-corrected chi connectivity index (χ1v) is 9.68. The maximum Gasteiger partial charge on any atom is 0.264 e. The van der Waals surface area contributed by atoms with Gasteiger partial charge in [-0.25, -0.2) is 4.39 Å². The molecule has 0 atom stereocenters. The Hall–Kier alpha value is -2.24. The van der Waals surface area contributed by atoms with Crippen LogP contribution in [0.25, 0.3) is 10.1 Å². The molecule has 1 saturated heterocycles. The van der Waals surface area contributed by atoms with Crippen molar-refractivity contribution in [3.05, 3.63) is 70.4 Å². The molecule has 1 aliphatic rings. The zero-order valence-electron chi connectivity index (χ0n) is 14.7. The highest BCUT2D eigenvalue weighted by Crippen LogP contribution is 2.33. The molecule has 0 spiro atoms. The number of carbonyl (C=O) groups excluding carboxylic acids is 1. The molecule has 134 valence electrons. The van der Waals surface area contributed by atoms with Crippen LogP contribution >= 0.6 is 11.3 Å². The fourth-order valence-electron chi connectivity index (χ4n) is 3.55. The van der Waals surface area contributed by atoms with Crippen molar-refractivity contribution in [2.24, 2.45) is 0 Å². The van der Waals surface area contributed by atoms with Gasteiger partial charge in [-0.2, -0.15) is 0 Å². The number of hydrogen-bond donors (Lipinski definition) is 0. The van der Waals surface area contributed by atoms with Crippen LogP contribution in [0.4, 0.5) is 4.39 Å². The second-order valence-electron chi connectivity index (χ2n) is 6.72. The minimum absolute atomic E-state index is 0.0301. The largest absolute Gasteiger partial charge is 0.335 e. The number of hydrogen-bond acceptors (Lipinski definition) is 3. The fraction of sp³-hybridized carbons (Fsp3) is 0.286. The third-order valence-corrected chi connectivity index (χ3v) is 6.25. The number of aryl methyl sites for hydroxylation is 1. The molecule has 0 aliphatic carbocycles. The summed E-state index contributed by atoms with van der Waals surface area (Å²) in [5.74, 6) is -0.217. The van der Waals surface area contributed by atoms with Crippen molar-refractivity contribution >= 4 is 27.3 Å². The lowest BCUT2D eigenvalue weighted by molar-refractivity contribution is 0.0632. The quantitative estimate of drug-likeness (QED) is 0.688. The normalized spacial score (nSPS) is 15.5. The van der Waals surface area contributed by atoms with Gasteiger partial charge in [0.1, 0.15) is 5.82 Å². The number of benzene rings is 2. The summed E-state index contributed by atoms with van der Waals surface area (Å²) in [5.41, 5.74) is 2.06. The first kappa shape index (κ1) is 17.2. The van der Waals surface area contributed by atoms with Gasteiger partial charge in [0.25, 0.3) is 5.91 Å². The van der Waals surface area contributed by atoms with E-state index in [2.05, 4.69) is 29.2 Å². The van der Waals surface area contributed by atoms with Crippen LogP contribution in [-0.4, -0.2) is 41.9 Å². The molecule has 1 amide bonds. The topological polar surface area (TPSA) is 23.6 Å². The summed E-state index contributed by atoms with van der Waals surface area (Å²) >= 11 is 1.40. The monoisotopic (exact) mass is 368 g/mol. The van der Waals surface area contributed by atoms with E-state index in [9.17, 15) is 9.18 Å². The van der Waals surface area contributed by atoms with Crippen LogP contribution < -0.4 is 0 Å². The van der Waals surface area contributed by atoms with Gasteiger partial charge in [-0.3, -0.25) is 9.69 Å². The Kier molecular flexibility index (Phi) is 4.74. The lowest BCUT2D eigenvalue weighted by Crippen LogP contribution is -2.48. The minimum Gasteiger partial charge on any atom is -0.335 e. The molecule has 5 heteroatoms. The molecule has 4 rings (SSSR count). The molecule has 0 bridgehead atoms. The lowest BCUT2D eigenvalue weighted by atomic mass is 10.1. The molecule has 26 heavy (non-hydrogen) atoms. The maximum atomic E-state index is 14.1. The van der Waals surface area contributed by atoms with Gasteiger partial charge in [0, 0.05) is 42.8 Å². The summed E-state index contributed by atoms with van der Waals surface area (Å²) < 4.78 is 14.9. The van der Waals surface area contributed by atoms with E-state index in [1.165, 1.54) is 23.0 Å². The number of rotatable bonds is 3. The zero-order chi connectivity index (χ0) is 18.1. The number of amides is 1. The molecule has 2 heterocycles. The molecule has 3 nitrogen and oxygen atoms in total. The van der Waals surface area contributed by atoms with Gasteiger partial charge < -0.3 is 4.90 Å². The maximum absolute atomic E-state index is 14.1. The number of halogens is 1. The molecular weight excluding hydrogens is 347 g/mol. The molecule has 0 N–H and O–H groups in total. The molecule has 1 aliphatic heterocycles. The average Bonchev–Trinajstić information content (AvgIpc) is 3.01. The standard InChI is InChI=1S/C21H21FN2OS/c1-15-19-17(22)8-5-9-18(19)26-20(15)21(25)24-12-10-23(11-13-24)14-16-6-3-2-4-7-16/h2-9H,10-14H2,1H3. The zero-order valence-corrected chi connectivity index (χ0v) is 15.6. The summed E-state index contributed by atoms with van der Waals surface area (Å²) in [6.45, 7) is 5.90. The van der Waals surface area contributed by atoms with Crippen LogP contribution in [0.3, 0.4) is 0 Å². The van der Waals surface area contributed by atoms with E-state index in [-0.39, 0.29) is 11.7 Å². The average molecular weight is 368 g/mol. The van der Waals surface area contributed by atoms with Gasteiger partial charge in [-0.1, -0.05) is 36.4 Å². The first-order chi connectivity index (χ1) is 12.6. The van der Waals surface area contributed by atoms with Gasteiger partial charge in [-0.05, 0) is 30.2 Å². The number of piperazine rings is 1. The molecule has 0 unspecified atom stereocenters. The van der Waals surface area contributed by atoms with E-state index >= 15 is 0 Å². The van der Waals surface area contributed by atoms with Crippen molar-refractivity contribution in [2.75, 3.05) is 26.2 Å². The van der Waals surface area contributed by atoms with Crippen molar-refractivity contribution in [3.8, 4) is 0 Å². The van der Waals surface area contributed by atoms with E-state index in [1.807, 2.05) is 24.0 Å². The van der Waals surface area contributed by atoms with Gasteiger partial charge in [0.2, 0.25) is 0 Å². The van der Waals surface area contributed by atoms with E-state index in [0.717, 1.165) is 29.9 Å². The van der Waals surface area contributed by atoms with Crippen LogP contribution in [0.5, 0.6) is 0 Å². The SMILES string of the molecule is Cc1c(C(=O)N2CCN(Cc3ccccc3)CC2)sc2cccc(F)c12. The van der Waals surface area contributed by atoms with Gasteiger partial charge in [-0.15, -0.1) is 11.3 Å². The molecule has 2 aromatic carbocycles. The summed E-state index contributed by atoms with van der Waals surface area (Å²) in [4.78, 5) is 17.9. The van der Waals surface area contributed by atoms with Crippen molar-refractivity contribution < 1.29 is 9.18 Å². The third-order valence-electron chi connectivity index (χ3n) is 5.01. The molecular formula is C21H21FN2OS. The summed E-state index contributed by atoms with van der Waals surface area (Å²) in [7, 11) is 0. The van der Waals surface area contributed by atoms with E-state index < -0.39 is 0 Å². The predicted octanol–water partition coefficient (Wildman–Crippen LogP) is 4.31. The number of fused-ring (bicyclic) bond motifs is 1. The van der Waals surface area contributed by atoms with Crippen LogP contribution in [0.1, 0.15) is 20.8 Å². The Morgan fingerprint density at radius 3 is 2.46 bits per heavy atom. The Balaban J connectivity index is 1.46. The summed E-state index contributed by atoms with van der Waals surface area (Å²) in [5, 5.41) is 0.587. The molecule has 0 radical (unpaired) electrons. The van der Waals surface area contributed by atoms with Crippen LogP contribution in [0.2, 0.25) is 0 Å². The van der Waals surface area contributed by atoms with Gasteiger partial charge >= 0.3 is 0 Å². The smallest absolute Gasteiger partial charge is 0.264 e. The van der Waals surface area contributed by atoms with Crippen LogP contribution in [0, 0.1) is 12.7 Å². The number of thiophene rings is 1. The second kappa shape index (κ2) is 7.17. The Morgan fingerprint density at radius 1 is 1.04 bits per heavy atom. The fourth-order valence-corrected chi connectivity index (χ4v) is 4.74. The van der Waals surface area contributed by atoms with E-state index in [1.54, 1.807) is 6.07 Å².